The highest BCUT2D eigenvalue weighted by Gasteiger charge is 2.22. The van der Waals surface area contributed by atoms with Gasteiger partial charge in [0.05, 0.1) is 11.8 Å². The molecule has 1 aromatic heterocycles. The van der Waals surface area contributed by atoms with E-state index in [0.717, 1.165) is 39.0 Å². The second-order valence-electron chi connectivity index (χ2n) is 6.88. The van der Waals surface area contributed by atoms with Gasteiger partial charge in [0, 0.05) is 16.6 Å². The molecule has 0 spiro atoms. The van der Waals surface area contributed by atoms with Crippen LogP contribution in [0, 0.1) is 6.92 Å². The molecule has 0 aliphatic carbocycles. The van der Waals surface area contributed by atoms with Crippen molar-refractivity contribution in [1.82, 2.24) is 9.88 Å². The third kappa shape index (κ3) is 4.54. The molecule has 3 aromatic rings. The molecule has 2 aromatic carbocycles. The summed E-state index contributed by atoms with van der Waals surface area (Å²) < 4.78 is 7.47. The number of halogens is 1. The van der Waals surface area contributed by atoms with E-state index in [9.17, 15) is 4.79 Å². The van der Waals surface area contributed by atoms with Crippen LogP contribution in [0.25, 0.3) is 10.2 Å². The summed E-state index contributed by atoms with van der Waals surface area (Å²) in [6, 6.07) is 11.4. The van der Waals surface area contributed by atoms with Crippen LogP contribution in [0.15, 0.2) is 40.9 Å². The molecular formula is C21H24BrN3O2S. The summed E-state index contributed by atoms with van der Waals surface area (Å²) in [5.74, 6) is 0.689. The smallest absolute Gasteiger partial charge is 0.260 e. The molecule has 0 saturated carbocycles. The Balaban J connectivity index is 2.00. The van der Waals surface area contributed by atoms with Crippen molar-refractivity contribution in [2.24, 2.45) is 0 Å². The van der Waals surface area contributed by atoms with Crippen LogP contribution in [-0.2, 0) is 0 Å². The molecule has 148 valence electrons. The number of nitrogens with zero attached hydrogens (tertiary/aromatic N) is 3. The average Bonchev–Trinajstić information content (AvgIpc) is 3.11. The molecule has 0 aliphatic heterocycles. The molecule has 0 bridgehead atoms. The van der Waals surface area contributed by atoms with Crippen LogP contribution in [0.4, 0.5) is 5.13 Å². The summed E-state index contributed by atoms with van der Waals surface area (Å²) >= 11 is 4.96. The number of thiazole rings is 1. The fourth-order valence-electron chi connectivity index (χ4n) is 2.96. The molecule has 5 nitrogen and oxygen atoms in total. The zero-order valence-electron chi connectivity index (χ0n) is 16.5. The Bertz CT molecular complexity index is 970. The first-order chi connectivity index (χ1) is 13.4. The number of methoxy groups -OCH3 is 1. The number of hydrogen-bond donors (Lipinski definition) is 0. The van der Waals surface area contributed by atoms with Gasteiger partial charge >= 0.3 is 0 Å². The van der Waals surface area contributed by atoms with Crippen LogP contribution >= 0.6 is 27.3 Å². The second-order valence-corrected chi connectivity index (χ2v) is 8.77. The quantitative estimate of drug-likeness (QED) is 0.497. The van der Waals surface area contributed by atoms with E-state index in [0.29, 0.717) is 17.2 Å². The molecule has 7 heteroatoms. The maximum Gasteiger partial charge on any atom is 0.260 e. The van der Waals surface area contributed by atoms with Crippen LogP contribution in [-0.4, -0.2) is 50.1 Å². The van der Waals surface area contributed by atoms with Gasteiger partial charge in [-0.1, -0.05) is 33.3 Å². The third-order valence-corrected chi connectivity index (χ3v) is 6.21. The summed E-state index contributed by atoms with van der Waals surface area (Å²) in [5, 5.41) is 0.703. The molecule has 1 amide bonds. The van der Waals surface area contributed by atoms with Crippen molar-refractivity contribution in [3.63, 3.8) is 0 Å². The molecule has 28 heavy (non-hydrogen) atoms. The van der Waals surface area contributed by atoms with Gasteiger partial charge in [-0.25, -0.2) is 4.98 Å². The van der Waals surface area contributed by atoms with Crippen molar-refractivity contribution in [2.75, 3.05) is 39.2 Å². The van der Waals surface area contributed by atoms with Crippen molar-refractivity contribution >= 4 is 48.5 Å². The number of anilines is 1. The maximum absolute atomic E-state index is 13.3. The number of aryl methyl sites for hydroxylation is 1. The fraction of sp³-hybridized carbons (Fsp3) is 0.333. The van der Waals surface area contributed by atoms with Crippen LogP contribution in [0.5, 0.6) is 5.75 Å². The molecule has 1 heterocycles. The van der Waals surface area contributed by atoms with E-state index < -0.39 is 0 Å². The van der Waals surface area contributed by atoms with Gasteiger partial charge in [-0.2, -0.15) is 0 Å². The van der Waals surface area contributed by atoms with E-state index in [4.69, 9.17) is 9.72 Å². The first-order valence-corrected chi connectivity index (χ1v) is 10.7. The summed E-state index contributed by atoms with van der Waals surface area (Å²) in [5.41, 5.74) is 2.59. The lowest BCUT2D eigenvalue weighted by Crippen LogP contribution is -2.33. The van der Waals surface area contributed by atoms with E-state index in [1.54, 1.807) is 12.0 Å². The first kappa shape index (κ1) is 20.8. The Kier molecular flexibility index (Phi) is 6.69. The second kappa shape index (κ2) is 9.03. The molecule has 0 aliphatic rings. The van der Waals surface area contributed by atoms with Crippen LogP contribution in [0.2, 0.25) is 0 Å². The first-order valence-electron chi connectivity index (χ1n) is 9.07. The van der Waals surface area contributed by atoms with E-state index >= 15 is 0 Å². The number of ether oxygens (including phenoxy) is 1. The Morgan fingerprint density at radius 2 is 1.86 bits per heavy atom. The Morgan fingerprint density at radius 3 is 2.50 bits per heavy atom. The van der Waals surface area contributed by atoms with Crippen molar-refractivity contribution in [3.05, 3.63) is 52.0 Å². The number of carbonyl (C=O) groups excluding carboxylic acids is 1. The average molecular weight is 462 g/mol. The van der Waals surface area contributed by atoms with Gasteiger partial charge < -0.3 is 9.64 Å². The van der Waals surface area contributed by atoms with Crippen LogP contribution in [0.3, 0.4) is 0 Å². The van der Waals surface area contributed by atoms with Gasteiger partial charge in [0.25, 0.3) is 5.91 Å². The zero-order valence-corrected chi connectivity index (χ0v) is 18.9. The van der Waals surface area contributed by atoms with Crippen LogP contribution < -0.4 is 9.64 Å². The van der Waals surface area contributed by atoms with Gasteiger partial charge in [0.1, 0.15) is 11.3 Å². The number of hydrogen-bond acceptors (Lipinski definition) is 5. The molecule has 0 atom stereocenters. The van der Waals surface area contributed by atoms with Gasteiger partial charge in [0.15, 0.2) is 5.13 Å². The lowest BCUT2D eigenvalue weighted by molar-refractivity contribution is 0.0986. The minimum atomic E-state index is -0.0399. The van der Waals surface area contributed by atoms with E-state index in [-0.39, 0.29) is 5.91 Å². The Labute approximate surface area is 178 Å². The lowest BCUT2D eigenvalue weighted by atomic mass is 10.2. The van der Waals surface area contributed by atoms with E-state index in [2.05, 4.69) is 27.8 Å². The third-order valence-electron chi connectivity index (χ3n) is 4.47. The highest BCUT2D eigenvalue weighted by Crippen LogP contribution is 2.37. The van der Waals surface area contributed by atoms with Crippen molar-refractivity contribution in [1.29, 1.82) is 0 Å². The van der Waals surface area contributed by atoms with Gasteiger partial charge in [-0.3, -0.25) is 9.69 Å². The molecule has 0 radical (unpaired) electrons. The van der Waals surface area contributed by atoms with Gasteiger partial charge in [-0.15, -0.1) is 0 Å². The fourth-order valence-corrected chi connectivity index (χ4v) is 4.30. The standard InChI is InChI=1S/C21H24BrN3O2S/c1-14-6-11-17(27-4)18-19(14)28-21(23-18)25(13-5-12-24(2)3)20(26)15-7-9-16(22)10-8-15/h6-11H,5,12-13H2,1-4H3. The number of amides is 1. The van der Waals surface area contributed by atoms with Gasteiger partial charge in [-0.05, 0) is 69.9 Å². The highest BCUT2D eigenvalue weighted by atomic mass is 79.9. The van der Waals surface area contributed by atoms with Crippen molar-refractivity contribution < 1.29 is 9.53 Å². The SMILES string of the molecule is COc1ccc(C)c2sc(N(CCCN(C)C)C(=O)c3ccc(Br)cc3)nc12. The molecule has 3 rings (SSSR count). The molecule has 0 saturated heterocycles. The van der Waals surface area contributed by atoms with E-state index in [1.165, 1.54) is 11.3 Å². The van der Waals surface area contributed by atoms with E-state index in [1.807, 2.05) is 50.5 Å². The number of carbonyl (C=O) groups is 1. The minimum Gasteiger partial charge on any atom is -0.494 e. The summed E-state index contributed by atoms with van der Waals surface area (Å²) in [4.78, 5) is 22.0. The van der Waals surface area contributed by atoms with Gasteiger partial charge in [0.2, 0.25) is 0 Å². The number of rotatable bonds is 7. The number of benzene rings is 2. The molecular weight excluding hydrogens is 438 g/mol. The molecule has 0 fully saturated rings. The maximum atomic E-state index is 13.3. The largest absolute Gasteiger partial charge is 0.494 e. The Hall–Kier alpha value is -1.96. The zero-order chi connectivity index (χ0) is 20.3. The summed E-state index contributed by atoms with van der Waals surface area (Å²) in [6.45, 7) is 3.56. The van der Waals surface area contributed by atoms with Crippen molar-refractivity contribution in [3.8, 4) is 5.75 Å². The molecule has 0 N–H and O–H groups in total. The normalized spacial score (nSPS) is 11.2. The topological polar surface area (TPSA) is 45.7 Å². The predicted molar refractivity (Wildman–Crippen MR) is 120 cm³/mol. The molecule has 0 unspecified atom stereocenters. The predicted octanol–water partition coefficient (Wildman–Crippen LogP) is 4.97. The highest BCUT2D eigenvalue weighted by molar-refractivity contribution is 9.10. The lowest BCUT2D eigenvalue weighted by Gasteiger charge is -2.21. The summed E-state index contributed by atoms with van der Waals surface area (Å²) in [7, 11) is 5.71. The van der Waals surface area contributed by atoms with Crippen molar-refractivity contribution in [2.45, 2.75) is 13.3 Å². The number of fused-ring (bicyclic) bond motifs is 1. The van der Waals surface area contributed by atoms with Crippen LogP contribution in [0.1, 0.15) is 22.3 Å². The minimum absolute atomic E-state index is 0.0399. The Morgan fingerprint density at radius 1 is 1.14 bits per heavy atom. The monoisotopic (exact) mass is 461 g/mol. The number of aromatic nitrogens is 1. The summed E-state index contributed by atoms with van der Waals surface area (Å²) in [6.07, 6.45) is 0.862.